The minimum Gasteiger partial charge on any atom is -0.473 e. The van der Waals surface area contributed by atoms with Crippen LogP contribution < -0.4 is 10.1 Å². The van der Waals surface area contributed by atoms with Crippen LogP contribution in [0.5, 0.6) is 5.88 Å². The first-order valence-electron chi connectivity index (χ1n) is 11.0. The number of pyridine rings is 1. The Labute approximate surface area is 195 Å². The maximum Gasteiger partial charge on any atom is 0.416 e. The van der Waals surface area contributed by atoms with Crippen LogP contribution in [-0.2, 0) is 17.6 Å². The Kier molecular flexibility index (Phi) is 6.59. The number of aromatic nitrogens is 1. The normalized spacial score (nSPS) is 14.5. The van der Waals surface area contributed by atoms with Gasteiger partial charge in [0, 0.05) is 35.3 Å². The van der Waals surface area contributed by atoms with Gasteiger partial charge in [-0.2, -0.15) is 13.2 Å². The summed E-state index contributed by atoms with van der Waals surface area (Å²) in [6, 6.07) is 11.7. The average molecular weight is 472 g/mol. The van der Waals surface area contributed by atoms with E-state index in [1.165, 1.54) is 18.3 Å². The number of anilines is 1. The van der Waals surface area contributed by atoms with Gasteiger partial charge in [0.25, 0.3) is 0 Å². The van der Waals surface area contributed by atoms with Crippen molar-refractivity contribution in [1.29, 1.82) is 0 Å². The SMILES string of the molecule is Cc1c(NC(=O)C2CC2)ccc(C(F)(F)F)c1[C@@H](C)c1ccc(OCc2ccccc2F)nc1. The largest absolute Gasteiger partial charge is 0.473 e. The van der Waals surface area contributed by atoms with Gasteiger partial charge in [-0.05, 0) is 54.7 Å². The van der Waals surface area contributed by atoms with Gasteiger partial charge >= 0.3 is 6.18 Å². The molecule has 0 aliphatic heterocycles. The number of carbonyl (C=O) groups excluding carboxylic acids is 1. The molecule has 0 unspecified atom stereocenters. The number of rotatable bonds is 7. The smallest absolute Gasteiger partial charge is 0.416 e. The molecular weight excluding hydrogens is 448 g/mol. The molecule has 1 amide bonds. The zero-order valence-corrected chi connectivity index (χ0v) is 18.7. The predicted octanol–water partition coefficient (Wildman–Crippen LogP) is 6.63. The van der Waals surface area contributed by atoms with E-state index in [0.717, 1.165) is 18.9 Å². The number of nitrogens with one attached hydrogen (secondary N) is 1. The number of amides is 1. The summed E-state index contributed by atoms with van der Waals surface area (Å²) in [6.07, 6.45) is -1.50. The monoisotopic (exact) mass is 472 g/mol. The van der Waals surface area contributed by atoms with Crippen LogP contribution in [0.3, 0.4) is 0 Å². The topological polar surface area (TPSA) is 51.2 Å². The molecule has 2 aromatic carbocycles. The third-order valence-electron chi connectivity index (χ3n) is 6.05. The highest BCUT2D eigenvalue weighted by Crippen LogP contribution is 2.42. The second kappa shape index (κ2) is 9.44. The molecule has 34 heavy (non-hydrogen) atoms. The first-order valence-corrected chi connectivity index (χ1v) is 11.0. The maximum absolute atomic E-state index is 13.8. The lowest BCUT2D eigenvalue weighted by atomic mass is 9.86. The molecule has 0 bridgehead atoms. The van der Waals surface area contributed by atoms with E-state index < -0.39 is 23.5 Å². The standard InChI is InChI=1S/C26H24F4N2O2/c1-15(18-9-12-23(31-13-18)34-14-19-5-3-4-6-21(19)27)24-16(2)22(32-25(33)17-7-8-17)11-10-20(24)26(28,29)30/h3-6,9-13,15,17H,7-8,14H2,1-2H3,(H,32,33)/t15-/m0/s1. The van der Waals surface area contributed by atoms with Crippen molar-refractivity contribution in [2.75, 3.05) is 5.32 Å². The van der Waals surface area contributed by atoms with Gasteiger partial charge in [-0.3, -0.25) is 4.79 Å². The van der Waals surface area contributed by atoms with Gasteiger partial charge < -0.3 is 10.1 Å². The van der Waals surface area contributed by atoms with Crippen LogP contribution in [0.4, 0.5) is 23.2 Å². The van der Waals surface area contributed by atoms with Gasteiger partial charge in [0.15, 0.2) is 0 Å². The minimum atomic E-state index is -4.55. The Morgan fingerprint density at radius 2 is 1.88 bits per heavy atom. The van der Waals surface area contributed by atoms with Crippen molar-refractivity contribution in [3.8, 4) is 5.88 Å². The van der Waals surface area contributed by atoms with E-state index in [-0.39, 0.29) is 29.9 Å². The van der Waals surface area contributed by atoms with Crippen molar-refractivity contribution < 1.29 is 27.1 Å². The molecule has 0 radical (unpaired) electrons. The molecule has 178 valence electrons. The molecule has 4 rings (SSSR count). The van der Waals surface area contributed by atoms with Crippen molar-refractivity contribution in [2.24, 2.45) is 5.92 Å². The Bertz CT molecular complexity index is 1190. The number of ether oxygens (including phenoxy) is 1. The fraction of sp³-hybridized carbons (Fsp3) is 0.308. The molecule has 1 atom stereocenters. The summed E-state index contributed by atoms with van der Waals surface area (Å²) < 4.78 is 60.8. The van der Waals surface area contributed by atoms with Gasteiger partial charge in [-0.25, -0.2) is 9.37 Å². The molecule has 3 aromatic rings. The molecule has 0 saturated heterocycles. The Morgan fingerprint density at radius 3 is 2.50 bits per heavy atom. The first-order chi connectivity index (χ1) is 16.1. The molecular formula is C26H24F4N2O2. The summed E-state index contributed by atoms with van der Waals surface area (Å²) in [6.45, 7) is 3.23. The van der Waals surface area contributed by atoms with Crippen LogP contribution in [0.1, 0.15) is 53.5 Å². The zero-order valence-electron chi connectivity index (χ0n) is 18.7. The highest BCUT2D eigenvalue weighted by molar-refractivity contribution is 5.95. The van der Waals surface area contributed by atoms with Crippen LogP contribution in [0.2, 0.25) is 0 Å². The number of halogens is 4. The lowest BCUT2D eigenvalue weighted by Gasteiger charge is -2.23. The van der Waals surface area contributed by atoms with E-state index >= 15 is 0 Å². The summed E-state index contributed by atoms with van der Waals surface area (Å²) in [7, 11) is 0. The summed E-state index contributed by atoms with van der Waals surface area (Å²) in [4.78, 5) is 16.4. The van der Waals surface area contributed by atoms with E-state index in [4.69, 9.17) is 4.74 Å². The van der Waals surface area contributed by atoms with Crippen molar-refractivity contribution in [1.82, 2.24) is 4.98 Å². The molecule has 1 aliphatic carbocycles. The number of benzene rings is 2. The summed E-state index contributed by atoms with van der Waals surface area (Å²) in [5.41, 5.74) is 1.01. The van der Waals surface area contributed by atoms with Crippen molar-refractivity contribution in [3.63, 3.8) is 0 Å². The number of nitrogens with zero attached hydrogens (tertiary/aromatic N) is 1. The van der Waals surface area contributed by atoms with Gasteiger partial charge in [0.2, 0.25) is 11.8 Å². The molecule has 1 saturated carbocycles. The van der Waals surface area contributed by atoms with Crippen LogP contribution in [0.25, 0.3) is 0 Å². The summed E-state index contributed by atoms with van der Waals surface area (Å²) >= 11 is 0. The van der Waals surface area contributed by atoms with Gasteiger partial charge in [-0.15, -0.1) is 0 Å². The first kappa shape index (κ1) is 23.7. The molecule has 1 aromatic heterocycles. The number of alkyl halides is 3. The van der Waals surface area contributed by atoms with Gasteiger partial charge in [-0.1, -0.05) is 31.2 Å². The number of hydrogen-bond acceptors (Lipinski definition) is 3. The highest BCUT2D eigenvalue weighted by atomic mass is 19.4. The minimum absolute atomic E-state index is 0.0192. The van der Waals surface area contributed by atoms with E-state index in [2.05, 4.69) is 10.3 Å². The van der Waals surface area contributed by atoms with E-state index in [1.807, 2.05) is 0 Å². The second-order valence-corrected chi connectivity index (χ2v) is 8.49. The van der Waals surface area contributed by atoms with E-state index in [0.29, 0.717) is 22.4 Å². The molecule has 4 nitrogen and oxygen atoms in total. The second-order valence-electron chi connectivity index (χ2n) is 8.49. The zero-order chi connectivity index (χ0) is 24.5. The van der Waals surface area contributed by atoms with Gasteiger partial charge in [0.05, 0.1) is 5.56 Å². The number of hydrogen-bond donors (Lipinski definition) is 1. The fourth-order valence-corrected chi connectivity index (χ4v) is 3.92. The van der Waals surface area contributed by atoms with Gasteiger partial charge in [0.1, 0.15) is 12.4 Å². The van der Waals surface area contributed by atoms with Crippen LogP contribution in [-0.4, -0.2) is 10.9 Å². The predicted molar refractivity (Wildman–Crippen MR) is 120 cm³/mol. The Balaban J connectivity index is 1.58. The molecule has 1 aliphatic rings. The molecule has 1 heterocycles. The van der Waals surface area contributed by atoms with E-state index in [9.17, 15) is 22.4 Å². The van der Waals surface area contributed by atoms with Crippen molar-refractivity contribution in [2.45, 2.75) is 45.4 Å². The summed E-state index contributed by atoms with van der Waals surface area (Å²) in [5.74, 6) is -1.04. The maximum atomic E-state index is 13.8. The molecule has 1 fully saturated rings. The quantitative estimate of drug-likeness (QED) is 0.393. The molecule has 8 heteroatoms. The van der Waals surface area contributed by atoms with Crippen LogP contribution in [0, 0.1) is 18.7 Å². The third-order valence-corrected chi connectivity index (χ3v) is 6.05. The Hall–Kier alpha value is -3.42. The van der Waals surface area contributed by atoms with Crippen molar-refractivity contribution in [3.05, 3.63) is 88.4 Å². The highest BCUT2D eigenvalue weighted by Gasteiger charge is 2.37. The van der Waals surface area contributed by atoms with Crippen LogP contribution in [0.15, 0.2) is 54.7 Å². The fourth-order valence-electron chi connectivity index (χ4n) is 3.92. The van der Waals surface area contributed by atoms with Crippen LogP contribution >= 0.6 is 0 Å². The average Bonchev–Trinajstić information content (AvgIpc) is 3.64. The summed E-state index contributed by atoms with van der Waals surface area (Å²) in [5, 5.41) is 2.77. The van der Waals surface area contributed by atoms with Crippen molar-refractivity contribution >= 4 is 11.6 Å². The molecule has 1 N–H and O–H groups in total. The van der Waals surface area contributed by atoms with E-state index in [1.54, 1.807) is 44.2 Å². The number of carbonyl (C=O) groups is 1. The third kappa shape index (κ3) is 5.21. The Morgan fingerprint density at radius 1 is 1.15 bits per heavy atom. The lowest BCUT2D eigenvalue weighted by Crippen LogP contribution is -2.18. The lowest BCUT2D eigenvalue weighted by molar-refractivity contribution is -0.138. The molecule has 0 spiro atoms.